The molecule has 4 aliphatic rings. The Balaban J connectivity index is 1.47. The molecular weight excluding hydrogens is 1350 g/mol. The number of amides is 1. The molecule has 0 aromatic rings. The number of unbranched alkanes of at least 4 members (excludes halogenated alkanes) is 39. The lowest BCUT2D eigenvalue weighted by Gasteiger charge is -2.47. The molecule has 612 valence electrons. The lowest BCUT2D eigenvalue weighted by molar-refractivity contribution is -0.363. The van der Waals surface area contributed by atoms with Crippen LogP contribution in [0.4, 0.5) is 0 Å². The van der Waals surface area contributed by atoms with Crippen LogP contribution in [-0.2, 0) is 61.8 Å². The third-order valence-corrected chi connectivity index (χ3v) is 20.9. The second-order valence-corrected chi connectivity index (χ2v) is 30.0. The molecule has 104 heavy (non-hydrogen) atoms. The SMILES string of the molecule is CCCCCCCCCCCCCCCCC(=O)N[C@H]1[C@H](O[C@H]2[C@@H](OC[C@@H](COC(=O)CCCCCCCCCCCCCCCC)OC(=O)CCCCCCCCCCCCCCCC)O[C@H](CO)[C@@H](O)[C@@H]2O)O[C@H](CO[C@@H]2O[C@H](CO[C@H]3O[C@H](CO)[C@H](O)[C@H](O)[C@H]3O)[C@H](O)[C@H](O)[C@H]2O)[C@H](O)[C@@H]1O. The van der Waals surface area contributed by atoms with Gasteiger partial charge in [-0.1, -0.05) is 271 Å². The number of aliphatic hydroxyl groups is 12. The van der Waals surface area contributed by atoms with E-state index < -0.39 is 186 Å². The number of hydrogen-bond acceptors (Lipinski definition) is 25. The molecule has 0 spiro atoms. The average molecular weight is 1500 g/mol. The zero-order chi connectivity index (χ0) is 75.7. The second kappa shape index (κ2) is 57.6. The average Bonchev–Trinajstić information content (AvgIpc) is 0.784. The molecule has 0 aromatic heterocycles. The van der Waals surface area contributed by atoms with Gasteiger partial charge in [-0.25, -0.2) is 0 Å². The number of nitrogens with one attached hydrogen (secondary N) is 1. The van der Waals surface area contributed by atoms with Crippen LogP contribution in [0, 0.1) is 0 Å². The topological polar surface area (TPSA) is 398 Å². The summed E-state index contributed by atoms with van der Waals surface area (Å²) in [5, 5.41) is 134. The summed E-state index contributed by atoms with van der Waals surface area (Å²) < 4.78 is 59.2. The zero-order valence-electron chi connectivity index (χ0n) is 63.9. The van der Waals surface area contributed by atoms with Crippen molar-refractivity contribution in [2.45, 2.75) is 439 Å². The van der Waals surface area contributed by atoms with Crippen molar-refractivity contribution in [3.63, 3.8) is 0 Å². The Bertz CT molecular complexity index is 2120. The summed E-state index contributed by atoms with van der Waals surface area (Å²) in [6.45, 7) is 2.70. The maximum absolute atomic E-state index is 13.9. The lowest BCUT2D eigenvalue weighted by Crippen LogP contribution is -2.68. The van der Waals surface area contributed by atoms with Crippen molar-refractivity contribution in [1.29, 1.82) is 0 Å². The highest BCUT2D eigenvalue weighted by molar-refractivity contribution is 5.76. The number of esters is 2. The van der Waals surface area contributed by atoms with Crippen LogP contribution in [0.2, 0.25) is 0 Å². The minimum absolute atomic E-state index is 0.00424. The number of ether oxygens (including phenoxy) is 10. The van der Waals surface area contributed by atoms with Crippen molar-refractivity contribution in [1.82, 2.24) is 5.32 Å². The molecule has 21 atom stereocenters. The fourth-order valence-corrected chi connectivity index (χ4v) is 14.1. The smallest absolute Gasteiger partial charge is 0.306 e. The third-order valence-electron chi connectivity index (χ3n) is 20.9. The predicted octanol–water partition coefficient (Wildman–Crippen LogP) is 8.47. The van der Waals surface area contributed by atoms with Crippen molar-refractivity contribution >= 4 is 17.8 Å². The molecule has 1 amide bonds. The number of hydrogen-bond donors (Lipinski definition) is 13. The Morgan fingerprint density at radius 3 is 1.04 bits per heavy atom. The van der Waals surface area contributed by atoms with Gasteiger partial charge < -0.3 is 114 Å². The van der Waals surface area contributed by atoms with Crippen LogP contribution in [0.3, 0.4) is 0 Å². The zero-order valence-corrected chi connectivity index (χ0v) is 63.9. The van der Waals surface area contributed by atoms with Crippen molar-refractivity contribution in [2.75, 3.05) is 39.6 Å². The standard InChI is InChI=1S/C78H145NO25/c1-4-7-10-13-16-19-22-25-28-31-34-37-40-43-46-60(82)79-63-68(89)66(87)58(53-98-77-73(94)70(91)67(88)59(103-77)54-97-76-72(93)69(90)64(85)56(49-80)100-76)102-75(63)104-74-71(92)65(86)57(50-81)101-78(74)96-52-55(99-62(84)48-45-42-39-36-33-30-27-24-21-18-15-12-9-6-3)51-95-61(83)47-44-41-38-35-32-29-26-23-20-17-14-11-8-5-2/h55-59,63-78,80-81,85-94H,4-54H2,1-3H3,(H,79,82)/t55-,56-,57-,58-,59-,63-,64+,65-,66+,67+,68-,69+,70+,71+,72-,73-,74-,75+,76+,77-,78+/m1/s1. The number of aliphatic hydroxyl groups excluding tert-OH is 12. The van der Waals surface area contributed by atoms with Crippen LogP contribution in [-0.4, -0.2) is 248 Å². The van der Waals surface area contributed by atoms with Crippen molar-refractivity contribution in [2.24, 2.45) is 0 Å². The highest BCUT2D eigenvalue weighted by Crippen LogP contribution is 2.33. The molecule has 26 nitrogen and oxygen atoms in total. The third kappa shape index (κ3) is 37.1. The molecule has 0 unspecified atom stereocenters. The summed E-state index contributed by atoms with van der Waals surface area (Å²) in [6, 6.07) is -1.61. The molecule has 4 rings (SSSR count). The summed E-state index contributed by atoms with van der Waals surface area (Å²) in [5.41, 5.74) is 0. The molecule has 4 fully saturated rings. The van der Waals surface area contributed by atoms with Gasteiger partial charge in [-0.3, -0.25) is 14.4 Å². The van der Waals surface area contributed by atoms with Gasteiger partial charge in [0.15, 0.2) is 31.3 Å². The number of carbonyl (C=O) groups excluding carboxylic acids is 3. The van der Waals surface area contributed by atoms with Crippen LogP contribution >= 0.6 is 0 Å². The Morgan fingerprint density at radius 1 is 0.327 bits per heavy atom. The van der Waals surface area contributed by atoms with Crippen molar-refractivity contribution < 1.29 is 123 Å². The Kier molecular flexibility index (Phi) is 52.1. The van der Waals surface area contributed by atoms with Crippen LogP contribution < -0.4 is 5.32 Å². The summed E-state index contributed by atoms with van der Waals surface area (Å²) in [4.78, 5) is 40.7. The van der Waals surface area contributed by atoms with Gasteiger partial charge in [0.2, 0.25) is 5.91 Å². The van der Waals surface area contributed by atoms with Crippen LogP contribution in [0.25, 0.3) is 0 Å². The van der Waals surface area contributed by atoms with Gasteiger partial charge in [-0.05, 0) is 19.3 Å². The van der Waals surface area contributed by atoms with E-state index in [0.717, 1.165) is 83.5 Å². The van der Waals surface area contributed by atoms with Crippen LogP contribution in [0.5, 0.6) is 0 Å². The van der Waals surface area contributed by atoms with Gasteiger partial charge in [-0.2, -0.15) is 0 Å². The molecule has 0 radical (unpaired) electrons. The highest BCUT2D eigenvalue weighted by Gasteiger charge is 2.53. The van der Waals surface area contributed by atoms with E-state index in [9.17, 15) is 75.7 Å². The Morgan fingerprint density at radius 2 is 0.644 bits per heavy atom. The number of rotatable bonds is 62. The molecule has 0 aromatic carbocycles. The van der Waals surface area contributed by atoms with E-state index in [1.165, 1.54) is 167 Å². The first kappa shape index (κ1) is 94.0. The second-order valence-electron chi connectivity index (χ2n) is 30.0. The highest BCUT2D eigenvalue weighted by atomic mass is 16.8. The quantitative estimate of drug-likeness (QED) is 0.0200. The molecule has 4 aliphatic heterocycles. The Labute approximate surface area is 622 Å². The van der Waals surface area contributed by atoms with E-state index >= 15 is 0 Å². The summed E-state index contributed by atoms with van der Waals surface area (Å²) >= 11 is 0. The molecule has 26 heteroatoms. The Hall–Kier alpha value is -2.39. The first-order valence-corrected chi connectivity index (χ1v) is 41.2. The largest absolute Gasteiger partial charge is 0.462 e. The first-order chi connectivity index (χ1) is 50.4. The molecule has 0 aliphatic carbocycles. The van der Waals surface area contributed by atoms with Crippen LogP contribution in [0.1, 0.15) is 310 Å². The lowest BCUT2D eigenvalue weighted by atomic mass is 9.95. The van der Waals surface area contributed by atoms with E-state index in [0.29, 0.717) is 19.3 Å². The number of carbonyl (C=O) groups is 3. The van der Waals surface area contributed by atoms with Crippen molar-refractivity contribution in [3.8, 4) is 0 Å². The monoisotopic (exact) mass is 1500 g/mol. The van der Waals surface area contributed by atoms with E-state index in [1.807, 2.05) is 0 Å². The van der Waals surface area contributed by atoms with E-state index in [2.05, 4.69) is 26.1 Å². The van der Waals surface area contributed by atoms with Gasteiger partial charge in [0.05, 0.1) is 33.0 Å². The van der Waals surface area contributed by atoms with Gasteiger partial charge in [-0.15, -0.1) is 0 Å². The first-order valence-electron chi connectivity index (χ1n) is 41.2. The van der Waals surface area contributed by atoms with E-state index in [-0.39, 0.29) is 19.3 Å². The van der Waals surface area contributed by atoms with Gasteiger partial charge >= 0.3 is 11.9 Å². The van der Waals surface area contributed by atoms with Crippen molar-refractivity contribution in [3.05, 3.63) is 0 Å². The molecule has 4 heterocycles. The summed E-state index contributed by atoms with van der Waals surface area (Å²) in [5.74, 6) is -1.63. The van der Waals surface area contributed by atoms with Crippen LogP contribution in [0.15, 0.2) is 0 Å². The van der Waals surface area contributed by atoms with Gasteiger partial charge in [0.1, 0.15) is 104 Å². The maximum Gasteiger partial charge on any atom is 0.306 e. The van der Waals surface area contributed by atoms with Gasteiger partial charge in [0, 0.05) is 19.3 Å². The summed E-state index contributed by atoms with van der Waals surface area (Å²) in [7, 11) is 0. The minimum Gasteiger partial charge on any atom is -0.462 e. The minimum atomic E-state index is -1.97. The molecule has 0 saturated carbocycles. The summed E-state index contributed by atoms with van der Waals surface area (Å²) in [6.07, 6.45) is 12.7. The normalized spacial score (nSPS) is 29.8. The van der Waals surface area contributed by atoms with Gasteiger partial charge in [0.25, 0.3) is 0 Å². The fraction of sp³-hybridized carbons (Fsp3) is 0.962. The van der Waals surface area contributed by atoms with E-state index in [1.54, 1.807) is 0 Å². The van der Waals surface area contributed by atoms with E-state index in [4.69, 9.17) is 47.4 Å². The molecule has 0 bridgehead atoms. The molecular formula is C78H145NO25. The molecule has 4 saturated heterocycles. The fourth-order valence-electron chi connectivity index (χ4n) is 14.1. The maximum atomic E-state index is 13.9. The predicted molar refractivity (Wildman–Crippen MR) is 389 cm³/mol. The molecule has 13 N–H and O–H groups in total.